The fourth-order valence-electron chi connectivity index (χ4n) is 4.38. The van der Waals surface area contributed by atoms with E-state index in [1.54, 1.807) is 0 Å². The first kappa shape index (κ1) is 11.8. The van der Waals surface area contributed by atoms with Crippen molar-refractivity contribution in [3.8, 4) is 0 Å². The Balaban J connectivity index is 1.63. The molecule has 0 aromatic heterocycles. The molecular formula is C14H18O4. The number of esters is 1. The summed E-state index contributed by atoms with van der Waals surface area (Å²) in [5.41, 5.74) is 0. The summed E-state index contributed by atoms with van der Waals surface area (Å²) in [7, 11) is 0. The van der Waals surface area contributed by atoms with E-state index >= 15 is 0 Å². The van der Waals surface area contributed by atoms with Gasteiger partial charge in [0.15, 0.2) is 0 Å². The minimum atomic E-state index is -1.11. The van der Waals surface area contributed by atoms with E-state index in [4.69, 9.17) is 9.84 Å². The topological polar surface area (TPSA) is 63.6 Å². The van der Waals surface area contributed by atoms with Gasteiger partial charge in [0, 0.05) is 12.2 Å². The van der Waals surface area contributed by atoms with Crippen LogP contribution in [0.15, 0.2) is 12.2 Å². The lowest BCUT2D eigenvalue weighted by Gasteiger charge is -2.53. The van der Waals surface area contributed by atoms with Gasteiger partial charge in [-0.3, -0.25) is 0 Å². The second-order valence-electron chi connectivity index (χ2n) is 6.00. The van der Waals surface area contributed by atoms with Gasteiger partial charge >= 0.3 is 11.9 Å². The minimum Gasteiger partial charge on any atom is -0.478 e. The number of aliphatic carboxylic acids is 1. The third-order valence-corrected chi connectivity index (χ3v) is 4.75. The number of hydrogen-bond acceptors (Lipinski definition) is 3. The van der Waals surface area contributed by atoms with Crippen molar-refractivity contribution in [1.29, 1.82) is 0 Å². The number of ether oxygens (including phenoxy) is 1. The second-order valence-corrected chi connectivity index (χ2v) is 6.00. The van der Waals surface area contributed by atoms with E-state index < -0.39 is 11.9 Å². The molecule has 0 aromatic carbocycles. The van der Waals surface area contributed by atoms with Gasteiger partial charge < -0.3 is 9.84 Å². The number of carbonyl (C=O) groups excluding carboxylic acids is 1. The molecule has 1 N–H and O–H groups in total. The monoisotopic (exact) mass is 250 g/mol. The molecule has 98 valence electrons. The van der Waals surface area contributed by atoms with Gasteiger partial charge in [0.05, 0.1) is 0 Å². The molecule has 0 heterocycles. The van der Waals surface area contributed by atoms with Crippen molar-refractivity contribution in [3.05, 3.63) is 12.2 Å². The van der Waals surface area contributed by atoms with Gasteiger partial charge in [0.1, 0.15) is 6.10 Å². The molecule has 4 aliphatic carbocycles. The molecule has 0 unspecified atom stereocenters. The summed E-state index contributed by atoms with van der Waals surface area (Å²) in [6.45, 7) is 0. The molecule has 0 atom stereocenters. The zero-order valence-electron chi connectivity index (χ0n) is 10.2. The Morgan fingerprint density at radius 1 is 0.944 bits per heavy atom. The van der Waals surface area contributed by atoms with Crippen LogP contribution in [0.4, 0.5) is 0 Å². The van der Waals surface area contributed by atoms with Crippen LogP contribution >= 0.6 is 0 Å². The maximum atomic E-state index is 11.6. The Hall–Kier alpha value is -1.32. The highest BCUT2D eigenvalue weighted by Crippen LogP contribution is 2.54. The molecule has 4 fully saturated rings. The molecule has 0 radical (unpaired) electrons. The average molecular weight is 250 g/mol. The third-order valence-electron chi connectivity index (χ3n) is 4.75. The fourth-order valence-corrected chi connectivity index (χ4v) is 4.38. The average Bonchev–Trinajstić information content (AvgIpc) is 2.30. The fraction of sp³-hybridized carbons (Fsp3) is 0.714. The smallest absolute Gasteiger partial charge is 0.331 e. The number of carbonyl (C=O) groups is 2. The SMILES string of the molecule is O=C(O)/C=C/C(=O)OC1C2CC3CC(C2)CC1C3. The van der Waals surface area contributed by atoms with Crippen molar-refractivity contribution in [2.45, 2.75) is 38.2 Å². The Morgan fingerprint density at radius 3 is 2.00 bits per heavy atom. The maximum absolute atomic E-state index is 11.6. The molecule has 0 aromatic rings. The quantitative estimate of drug-likeness (QED) is 0.614. The summed E-state index contributed by atoms with van der Waals surface area (Å²) in [5.74, 6) is 1.10. The molecule has 4 heteroatoms. The molecule has 4 rings (SSSR count). The highest BCUT2D eigenvalue weighted by molar-refractivity contribution is 5.90. The molecule has 4 nitrogen and oxygen atoms in total. The number of carboxylic acids is 1. The largest absolute Gasteiger partial charge is 0.478 e. The van der Waals surface area contributed by atoms with Gasteiger partial charge in [-0.15, -0.1) is 0 Å². The second kappa shape index (κ2) is 4.41. The van der Waals surface area contributed by atoms with Crippen LogP contribution in [0.5, 0.6) is 0 Å². The lowest BCUT2D eigenvalue weighted by molar-refractivity contribution is -0.165. The number of rotatable bonds is 3. The van der Waals surface area contributed by atoms with Crippen LogP contribution in [-0.2, 0) is 14.3 Å². The van der Waals surface area contributed by atoms with Crippen molar-refractivity contribution in [1.82, 2.24) is 0 Å². The van der Waals surface area contributed by atoms with Crippen LogP contribution in [-0.4, -0.2) is 23.1 Å². The molecular weight excluding hydrogens is 232 g/mol. The Kier molecular flexibility index (Phi) is 2.88. The van der Waals surface area contributed by atoms with Crippen molar-refractivity contribution >= 4 is 11.9 Å². The van der Waals surface area contributed by atoms with Crippen LogP contribution in [0.3, 0.4) is 0 Å². The molecule has 0 aliphatic heterocycles. The molecule has 0 spiro atoms. The third kappa shape index (κ3) is 2.16. The van der Waals surface area contributed by atoms with Crippen molar-refractivity contribution < 1.29 is 19.4 Å². The normalized spacial score (nSPS) is 41.2. The molecule has 0 saturated heterocycles. The molecule has 4 aliphatic rings. The zero-order chi connectivity index (χ0) is 12.7. The summed E-state index contributed by atoms with van der Waals surface area (Å²) < 4.78 is 5.49. The first-order valence-corrected chi connectivity index (χ1v) is 6.73. The lowest BCUT2D eigenvalue weighted by atomic mass is 9.55. The first-order chi connectivity index (χ1) is 8.61. The minimum absolute atomic E-state index is 0.0312. The number of hydrogen-bond donors (Lipinski definition) is 1. The van der Waals surface area contributed by atoms with Crippen LogP contribution in [0.25, 0.3) is 0 Å². The van der Waals surface area contributed by atoms with Gasteiger partial charge in [-0.2, -0.15) is 0 Å². The van der Waals surface area contributed by atoms with Crippen molar-refractivity contribution in [2.75, 3.05) is 0 Å². The molecule has 4 saturated carbocycles. The summed E-state index contributed by atoms with van der Waals surface area (Å²) in [6, 6.07) is 0. The molecule has 18 heavy (non-hydrogen) atoms. The van der Waals surface area contributed by atoms with Gasteiger partial charge in [0.25, 0.3) is 0 Å². The predicted molar refractivity (Wildman–Crippen MR) is 63.7 cm³/mol. The lowest BCUT2D eigenvalue weighted by Crippen LogP contribution is -2.49. The van der Waals surface area contributed by atoms with Gasteiger partial charge in [-0.1, -0.05) is 0 Å². The standard InChI is InChI=1S/C14H18O4/c15-12(16)1-2-13(17)18-14-10-4-8-3-9(6-10)7-11(14)5-8/h1-2,8-11,14H,3-7H2,(H,15,16)/b2-1+. The van der Waals surface area contributed by atoms with Crippen molar-refractivity contribution in [2.24, 2.45) is 23.7 Å². The van der Waals surface area contributed by atoms with E-state index in [2.05, 4.69) is 0 Å². The van der Waals surface area contributed by atoms with E-state index in [0.717, 1.165) is 24.0 Å². The van der Waals surface area contributed by atoms with Crippen molar-refractivity contribution in [3.63, 3.8) is 0 Å². The van der Waals surface area contributed by atoms with E-state index in [-0.39, 0.29) is 6.10 Å². The van der Waals surface area contributed by atoms with Crippen LogP contribution < -0.4 is 0 Å². The first-order valence-electron chi connectivity index (χ1n) is 6.73. The molecule has 4 bridgehead atoms. The highest BCUT2D eigenvalue weighted by atomic mass is 16.5. The van der Waals surface area contributed by atoms with E-state index in [0.29, 0.717) is 11.8 Å². The summed E-state index contributed by atoms with van der Waals surface area (Å²) in [4.78, 5) is 21.9. The van der Waals surface area contributed by atoms with Crippen LogP contribution in [0, 0.1) is 23.7 Å². The summed E-state index contributed by atoms with van der Waals surface area (Å²) in [5, 5.41) is 8.48. The predicted octanol–water partition coefficient (Wildman–Crippen LogP) is 2.00. The van der Waals surface area contributed by atoms with Gasteiger partial charge in [-0.25, -0.2) is 9.59 Å². The maximum Gasteiger partial charge on any atom is 0.331 e. The van der Waals surface area contributed by atoms with Crippen LogP contribution in [0.1, 0.15) is 32.1 Å². The van der Waals surface area contributed by atoms with Gasteiger partial charge in [0.2, 0.25) is 0 Å². The number of carboxylic acid groups (broad SMARTS) is 1. The van der Waals surface area contributed by atoms with Gasteiger partial charge in [-0.05, 0) is 55.8 Å². The van der Waals surface area contributed by atoms with Crippen LogP contribution in [0.2, 0.25) is 0 Å². The van der Waals surface area contributed by atoms with E-state index in [1.807, 2.05) is 0 Å². The van der Waals surface area contributed by atoms with E-state index in [1.165, 1.54) is 32.1 Å². The zero-order valence-corrected chi connectivity index (χ0v) is 10.2. The van der Waals surface area contributed by atoms with E-state index in [9.17, 15) is 9.59 Å². The summed E-state index contributed by atoms with van der Waals surface area (Å²) >= 11 is 0. The Bertz CT molecular complexity index is 371. The Labute approximate surface area is 106 Å². The highest BCUT2D eigenvalue weighted by Gasteiger charge is 2.49. The molecule has 0 amide bonds. The Morgan fingerprint density at radius 2 is 1.50 bits per heavy atom. The summed E-state index contributed by atoms with van der Waals surface area (Å²) in [6.07, 6.45) is 8.02.